The first-order chi connectivity index (χ1) is 6.24. The Morgan fingerprint density at radius 1 is 1.69 bits per heavy atom. The molecule has 1 rings (SSSR count). The molecule has 0 aromatic carbocycles. The maximum absolute atomic E-state index is 10.6. The lowest BCUT2D eigenvalue weighted by molar-refractivity contribution is -0.142. The van der Waals surface area contributed by atoms with E-state index >= 15 is 0 Å². The fraction of sp³-hybridized carbons (Fsp3) is 0.714. The van der Waals surface area contributed by atoms with Crippen molar-refractivity contribution in [3.8, 4) is 0 Å². The van der Waals surface area contributed by atoms with Gasteiger partial charge in [0.1, 0.15) is 6.33 Å². The van der Waals surface area contributed by atoms with Crippen LogP contribution in [0.5, 0.6) is 0 Å². The van der Waals surface area contributed by atoms with Crippen LogP contribution in [-0.2, 0) is 11.3 Å². The summed E-state index contributed by atoms with van der Waals surface area (Å²) in [7, 11) is 0. The van der Waals surface area contributed by atoms with Gasteiger partial charge in [-0.15, -0.1) is 5.10 Å². The van der Waals surface area contributed by atoms with E-state index in [9.17, 15) is 4.79 Å². The van der Waals surface area contributed by atoms with Gasteiger partial charge >= 0.3 is 5.97 Å². The molecule has 1 heterocycles. The van der Waals surface area contributed by atoms with Crippen LogP contribution in [0.2, 0.25) is 0 Å². The molecule has 1 N–H and O–H groups in total. The third-order valence-corrected chi connectivity index (χ3v) is 1.94. The molecule has 0 saturated heterocycles. The molecule has 1 atom stereocenters. The molecule has 1 unspecified atom stereocenters. The van der Waals surface area contributed by atoms with Gasteiger partial charge in [0, 0.05) is 6.54 Å². The summed E-state index contributed by atoms with van der Waals surface area (Å²) in [6.45, 7) is 2.41. The molecule has 0 bridgehead atoms. The molecule has 0 radical (unpaired) electrons. The van der Waals surface area contributed by atoms with E-state index in [1.54, 1.807) is 0 Å². The van der Waals surface area contributed by atoms with E-state index in [2.05, 4.69) is 15.5 Å². The average molecular weight is 184 g/mol. The van der Waals surface area contributed by atoms with Gasteiger partial charge in [0.25, 0.3) is 0 Å². The molecule has 0 spiro atoms. The lowest BCUT2D eigenvalue weighted by Crippen LogP contribution is -2.15. The average Bonchev–Trinajstić information content (AvgIpc) is 2.57. The Balaban J connectivity index is 2.36. The topological polar surface area (TPSA) is 80.9 Å². The van der Waals surface area contributed by atoms with Gasteiger partial charge in [-0.1, -0.05) is 6.92 Å². The van der Waals surface area contributed by atoms with Crippen LogP contribution in [0.25, 0.3) is 0 Å². The second-order valence-electron chi connectivity index (χ2n) is 2.80. The molecule has 0 amide bonds. The van der Waals surface area contributed by atoms with E-state index in [0.717, 1.165) is 0 Å². The standard InChI is InChI=1S/C7H12N4O2/c1-2-6(7(12)13)3-4-11-5-8-9-10-11/h5-6H,2-4H2,1H3,(H,12,13). The molecule has 1 aromatic heterocycles. The van der Waals surface area contributed by atoms with Crippen LogP contribution < -0.4 is 0 Å². The maximum atomic E-state index is 10.6. The van der Waals surface area contributed by atoms with Crippen LogP contribution in [-0.4, -0.2) is 31.3 Å². The van der Waals surface area contributed by atoms with Crippen LogP contribution in [0.3, 0.4) is 0 Å². The van der Waals surface area contributed by atoms with Crippen molar-refractivity contribution < 1.29 is 9.90 Å². The normalized spacial score (nSPS) is 12.7. The monoisotopic (exact) mass is 184 g/mol. The van der Waals surface area contributed by atoms with Crippen molar-refractivity contribution in [2.45, 2.75) is 26.3 Å². The van der Waals surface area contributed by atoms with Crippen molar-refractivity contribution >= 4 is 5.97 Å². The van der Waals surface area contributed by atoms with Gasteiger partial charge in [0.05, 0.1) is 5.92 Å². The smallest absolute Gasteiger partial charge is 0.306 e. The van der Waals surface area contributed by atoms with Gasteiger partial charge < -0.3 is 5.11 Å². The molecule has 6 nitrogen and oxygen atoms in total. The number of rotatable bonds is 5. The highest BCUT2D eigenvalue weighted by Gasteiger charge is 2.14. The zero-order valence-corrected chi connectivity index (χ0v) is 7.42. The largest absolute Gasteiger partial charge is 0.481 e. The van der Waals surface area contributed by atoms with E-state index in [4.69, 9.17) is 5.11 Å². The highest BCUT2D eigenvalue weighted by atomic mass is 16.4. The third-order valence-electron chi connectivity index (χ3n) is 1.94. The molecule has 1 aromatic rings. The maximum Gasteiger partial charge on any atom is 0.306 e. The van der Waals surface area contributed by atoms with Gasteiger partial charge in [-0.05, 0) is 23.3 Å². The molecule has 0 fully saturated rings. The summed E-state index contributed by atoms with van der Waals surface area (Å²) in [6.07, 6.45) is 2.68. The summed E-state index contributed by atoms with van der Waals surface area (Å²) < 4.78 is 1.53. The second-order valence-corrected chi connectivity index (χ2v) is 2.80. The first-order valence-electron chi connectivity index (χ1n) is 4.17. The van der Waals surface area contributed by atoms with Crippen molar-refractivity contribution in [2.24, 2.45) is 5.92 Å². The predicted molar refractivity (Wildman–Crippen MR) is 43.9 cm³/mol. The Hall–Kier alpha value is -1.46. The van der Waals surface area contributed by atoms with Crippen molar-refractivity contribution in [1.82, 2.24) is 20.2 Å². The van der Waals surface area contributed by atoms with Crippen LogP contribution in [0.1, 0.15) is 19.8 Å². The van der Waals surface area contributed by atoms with Crippen molar-refractivity contribution in [3.05, 3.63) is 6.33 Å². The fourth-order valence-electron chi connectivity index (χ4n) is 1.07. The predicted octanol–water partition coefficient (Wildman–Crippen LogP) is 0.174. The highest BCUT2D eigenvalue weighted by Crippen LogP contribution is 2.08. The third kappa shape index (κ3) is 2.81. The summed E-state index contributed by atoms with van der Waals surface area (Å²) in [5, 5.41) is 19.3. The van der Waals surface area contributed by atoms with E-state index in [-0.39, 0.29) is 5.92 Å². The number of aryl methyl sites for hydroxylation is 1. The number of hydrogen-bond donors (Lipinski definition) is 1. The van der Waals surface area contributed by atoms with Gasteiger partial charge in [-0.2, -0.15) is 0 Å². The summed E-state index contributed by atoms with van der Waals surface area (Å²) in [4.78, 5) is 10.6. The Bertz CT molecular complexity index is 259. The number of aromatic nitrogens is 4. The first-order valence-corrected chi connectivity index (χ1v) is 4.17. The van der Waals surface area contributed by atoms with Crippen molar-refractivity contribution in [2.75, 3.05) is 0 Å². The highest BCUT2D eigenvalue weighted by molar-refractivity contribution is 5.69. The zero-order valence-electron chi connectivity index (χ0n) is 7.42. The Morgan fingerprint density at radius 2 is 2.46 bits per heavy atom. The van der Waals surface area contributed by atoms with E-state index in [1.165, 1.54) is 11.0 Å². The summed E-state index contributed by atoms with van der Waals surface area (Å²) >= 11 is 0. The number of nitrogens with zero attached hydrogens (tertiary/aromatic N) is 4. The molecule has 13 heavy (non-hydrogen) atoms. The van der Waals surface area contributed by atoms with Crippen LogP contribution in [0.4, 0.5) is 0 Å². The van der Waals surface area contributed by atoms with Gasteiger partial charge in [0.2, 0.25) is 0 Å². The number of aliphatic carboxylic acids is 1. The summed E-state index contributed by atoms with van der Waals surface area (Å²) in [5.74, 6) is -1.06. The van der Waals surface area contributed by atoms with Gasteiger partial charge in [-0.25, -0.2) is 4.68 Å². The second kappa shape index (κ2) is 4.54. The number of hydrogen-bond acceptors (Lipinski definition) is 4. The molecule has 0 aliphatic heterocycles. The molecular weight excluding hydrogens is 172 g/mol. The van der Waals surface area contributed by atoms with Crippen molar-refractivity contribution in [1.29, 1.82) is 0 Å². The SMILES string of the molecule is CCC(CCn1cnnn1)C(=O)O. The minimum Gasteiger partial charge on any atom is -0.481 e. The molecule has 72 valence electrons. The summed E-state index contributed by atoms with van der Waals surface area (Å²) in [5.41, 5.74) is 0. The number of carboxylic acid groups (broad SMARTS) is 1. The molecular formula is C7H12N4O2. The lowest BCUT2D eigenvalue weighted by atomic mass is 10.0. The minimum absolute atomic E-state index is 0.302. The summed E-state index contributed by atoms with van der Waals surface area (Å²) in [6, 6.07) is 0. The molecule has 0 aliphatic carbocycles. The fourth-order valence-corrected chi connectivity index (χ4v) is 1.07. The zero-order chi connectivity index (χ0) is 9.68. The molecule has 0 saturated carbocycles. The van der Waals surface area contributed by atoms with Crippen LogP contribution in [0, 0.1) is 5.92 Å². The van der Waals surface area contributed by atoms with Crippen molar-refractivity contribution in [3.63, 3.8) is 0 Å². The molecule has 0 aliphatic rings. The van der Waals surface area contributed by atoms with Gasteiger partial charge in [0.15, 0.2) is 0 Å². The van der Waals surface area contributed by atoms with Crippen LogP contribution in [0.15, 0.2) is 6.33 Å². The Labute approximate surface area is 75.6 Å². The lowest BCUT2D eigenvalue weighted by Gasteiger charge is -2.07. The van der Waals surface area contributed by atoms with Crippen LogP contribution >= 0.6 is 0 Å². The van der Waals surface area contributed by atoms with E-state index < -0.39 is 5.97 Å². The van der Waals surface area contributed by atoms with E-state index in [1.807, 2.05) is 6.92 Å². The number of carboxylic acids is 1. The minimum atomic E-state index is -0.754. The first kappa shape index (κ1) is 9.63. The Morgan fingerprint density at radius 3 is 2.92 bits per heavy atom. The van der Waals surface area contributed by atoms with Gasteiger partial charge in [-0.3, -0.25) is 4.79 Å². The Kier molecular flexibility index (Phi) is 3.36. The molecule has 6 heteroatoms. The quantitative estimate of drug-likeness (QED) is 0.705. The number of tetrazole rings is 1. The number of carbonyl (C=O) groups is 1. The van der Waals surface area contributed by atoms with E-state index in [0.29, 0.717) is 19.4 Å².